The van der Waals surface area contributed by atoms with E-state index < -0.39 is 0 Å². The highest BCUT2D eigenvalue weighted by Gasteiger charge is 2.25. The van der Waals surface area contributed by atoms with Crippen LogP contribution in [0.25, 0.3) is 0 Å². The summed E-state index contributed by atoms with van der Waals surface area (Å²) >= 11 is 3.41. The van der Waals surface area contributed by atoms with Crippen LogP contribution in [0.2, 0.25) is 0 Å². The van der Waals surface area contributed by atoms with E-state index in [4.69, 9.17) is 5.73 Å². The van der Waals surface area contributed by atoms with Crippen molar-refractivity contribution in [3.8, 4) is 0 Å². The Balaban J connectivity index is 2.97. The van der Waals surface area contributed by atoms with E-state index >= 15 is 0 Å². The third kappa shape index (κ3) is 3.65. The van der Waals surface area contributed by atoms with E-state index in [0.29, 0.717) is 18.2 Å². The quantitative estimate of drug-likeness (QED) is 0.787. The number of nitrogens with two attached hydrogens (primary N) is 1. The highest BCUT2D eigenvalue weighted by atomic mass is 79.9. The minimum Gasteiger partial charge on any atom is -0.330 e. The molecular formula is C13H22BrN3O. The van der Waals surface area contributed by atoms with Crippen molar-refractivity contribution in [3.63, 3.8) is 0 Å². The number of nitrogens with zero attached hydrogens (tertiary/aromatic N) is 2. The Bertz CT molecular complexity index is 401. The first-order valence-corrected chi connectivity index (χ1v) is 7.26. The summed E-state index contributed by atoms with van der Waals surface area (Å²) in [6, 6.07) is 0. The zero-order valence-electron chi connectivity index (χ0n) is 11.3. The van der Waals surface area contributed by atoms with Crippen molar-refractivity contribution in [1.29, 1.82) is 0 Å². The fourth-order valence-electron chi connectivity index (χ4n) is 2.06. The molecule has 2 N–H and O–H groups in total. The summed E-state index contributed by atoms with van der Waals surface area (Å²) in [6.45, 7) is 7.42. The number of aromatic nitrogens is 2. The molecule has 4 nitrogen and oxygen atoms in total. The topological polar surface area (TPSA) is 60.9 Å². The van der Waals surface area contributed by atoms with Crippen molar-refractivity contribution >= 4 is 21.7 Å². The van der Waals surface area contributed by atoms with Gasteiger partial charge in [0.05, 0.1) is 10.7 Å². The van der Waals surface area contributed by atoms with Crippen LogP contribution in [-0.2, 0) is 6.54 Å². The highest BCUT2D eigenvalue weighted by Crippen LogP contribution is 2.23. The zero-order valence-corrected chi connectivity index (χ0v) is 12.9. The molecule has 18 heavy (non-hydrogen) atoms. The van der Waals surface area contributed by atoms with Gasteiger partial charge in [-0.25, -0.2) is 0 Å². The highest BCUT2D eigenvalue weighted by molar-refractivity contribution is 9.10. The van der Waals surface area contributed by atoms with Gasteiger partial charge in [-0.3, -0.25) is 9.48 Å². The fourth-order valence-corrected chi connectivity index (χ4v) is 2.55. The van der Waals surface area contributed by atoms with Crippen molar-refractivity contribution in [3.05, 3.63) is 16.4 Å². The Morgan fingerprint density at radius 3 is 2.72 bits per heavy atom. The Labute approximate surface area is 117 Å². The van der Waals surface area contributed by atoms with Gasteiger partial charge in [0.2, 0.25) is 0 Å². The molecule has 0 spiro atoms. The lowest BCUT2D eigenvalue weighted by atomic mass is 9.92. The molecule has 1 rings (SSSR count). The average Bonchev–Trinajstić information content (AvgIpc) is 2.67. The van der Waals surface area contributed by atoms with Crippen LogP contribution in [0.15, 0.2) is 10.7 Å². The van der Waals surface area contributed by atoms with E-state index in [-0.39, 0.29) is 11.7 Å². The molecule has 0 saturated carbocycles. The maximum absolute atomic E-state index is 12.5. The van der Waals surface area contributed by atoms with Crippen molar-refractivity contribution in [2.75, 3.05) is 6.54 Å². The summed E-state index contributed by atoms with van der Waals surface area (Å²) in [6.07, 6.45) is 3.46. The first-order chi connectivity index (χ1) is 8.51. The normalized spacial score (nSPS) is 13.0. The summed E-state index contributed by atoms with van der Waals surface area (Å²) < 4.78 is 2.54. The molecule has 0 aliphatic rings. The Morgan fingerprint density at radius 2 is 2.22 bits per heavy atom. The van der Waals surface area contributed by atoms with Gasteiger partial charge in [0.25, 0.3) is 0 Å². The molecule has 1 aromatic heterocycles. The molecule has 0 saturated heterocycles. The molecule has 1 aromatic rings. The SMILES string of the molecule is CCCn1ncc(Br)c1C(=O)C(CN)CC(C)C. The van der Waals surface area contributed by atoms with Crippen molar-refractivity contribution in [2.45, 2.75) is 40.2 Å². The van der Waals surface area contributed by atoms with Crippen LogP contribution in [-0.4, -0.2) is 22.1 Å². The molecular weight excluding hydrogens is 294 g/mol. The van der Waals surface area contributed by atoms with E-state index in [9.17, 15) is 4.79 Å². The molecule has 5 heteroatoms. The van der Waals surface area contributed by atoms with Gasteiger partial charge >= 0.3 is 0 Å². The standard InChI is InChI=1S/C13H22BrN3O/c1-4-5-17-12(11(14)8-16-17)13(18)10(7-15)6-9(2)3/h8-10H,4-7,15H2,1-3H3. The van der Waals surface area contributed by atoms with Crippen molar-refractivity contribution in [1.82, 2.24) is 9.78 Å². The van der Waals surface area contributed by atoms with Crippen molar-refractivity contribution < 1.29 is 4.79 Å². The lowest BCUT2D eigenvalue weighted by Crippen LogP contribution is -2.27. The second kappa shape index (κ2) is 7.04. The Kier molecular flexibility index (Phi) is 6.02. The third-order valence-corrected chi connectivity index (χ3v) is 3.46. The number of carbonyl (C=O) groups is 1. The molecule has 0 aliphatic heterocycles. The number of ketones is 1. The van der Waals surface area contributed by atoms with Gasteiger partial charge in [0.15, 0.2) is 5.78 Å². The van der Waals surface area contributed by atoms with E-state index in [2.05, 4.69) is 41.8 Å². The summed E-state index contributed by atoms with van der Waals surface area (Å²) in [5.74, 6) is 0.446. The Hall–Kier alpha value is -0.680. The minimum atomic E-state index is -0.117. The zero-order chi connectivity index (χ0) is 13.7. The molecule has 1 heterocycles. The predicted molar refractivity (Wildman–Crippen MR) is 76.5 cm³/mol. The van der Waals surface area contributed by atoms with Crippen LogP contribution in [0, 0.1) is 11.8 Å². The molecule has 0 aromatic carbocycles. The molecule has 0 amide bonds. The maximum atomic E-state index is 12.5. The lowest BCUT2D eigenvalue weighted by molar-refractivity contribution is 0.0896. The van der Waals surface area contributed by atoms with Gasteiger partial charge in [0, 0.05) is 19.0 Å². The molecule has 102 valence electrons. The van der Waals surface area contributed by atoms with Crippen LogP contribution < -0.4 is 5.73 Å². The van der Waals surface area contributed by atoms with E-state index in [1.807, 2.05) is 0 Å². The summed E-state index contributed by atoms with van der Waals surface area (Å²) in [5.41, 5.74) is 6.40. The van der Waals surface area contributed by atoms with Crippen LogP contribution in [0.5, 0.6) is 0 Å². The maximum Gasteiger partial charge on any atom is 0.186 e. The molecule has 1 unspecified atom stereocenters. The predicted octanol–water partition coefficient (Wildman–Crippen LogP) is 2.86. The molecule has 0 fully saturated rings. The number of hydrogen-bond donors (Lipinski definition) is 1. The van der Waals surface area contributed by atoms with Crippen LogP contribution >= 0.6 is 15.9 Å². The van der Waals surface area contributed by atoms with Gasteiger partial charge in [-0.05, 0) is 34.7 Å². The summed E-state index contributed by atoms with van der Waals surface area (Å²) in [7, 11) is 0. The van der Waals surface area contributed by atoms with Crippen LogP contribution in [0.3, 0.4) is 0 Å². The van der Waals surface area contributed by atoms with E-state index in [0.717, 1.165) is 23.9 Å². The van der Waals surface area contributed by atoms with E-state index in [1.165, 1.54) is 0 Å². The van der Waals surface area contributed by atoms with E-state index in [1.54, 1.807) is 10.9 Å². The van der Waals surface area contributed by atoms with Crippen LogP contribution in [0.4, 0.5) is 0 Å². The first-order valence-electron chi connectivity index (χ1n) is 6.46. The van der Waals surface area contributed by atoms with Gasteiger partial charge in [-0.2, -0.15) is 5.10 Å². The average molecular weight is 316 g/mol. The van der Waals surface area contributed by atoms with Gasteiger partial charge < -0.3 is 5.73 Å². The molecule has 0 bridgehead atoms. The molecule has 1 atom stereocenters. The fraction of sp³-hybridized carbons (Fsp3) is 0.692. The second-order valence-corrected chi connectivity index (χ2v) is 5.85. The summed E-state index contributed by atoms with van der Waals surface area (Å²) in [4.78, 5) is 12.5. The van der Waals surface area contributed by atoms with Gasteiger partial charge in [-0.15, -0.1) is 0 Å². The Morgan fingerprint density at radius 1 is 1.56 bits per heavy atom. The molecule has 0 aliphatic carbocycles. The van der Waals surface area contributed by atoms with Gasteiger partial charge in [0.1, 0.15) is 5.69 Å². The van der Waals surface area contributed by atoms with Gasteiger partial charge in [-0.1, -0.05) is 20.8 Å². The smallest absolute Gasteiger partial charge is 0.186 e. The monoisotopic (exact) mass is 315 g/mol. The number of carbonyl (C=O) groups excluding carboxylic acids is 1. The largest absolute Gasteiger partial charge is 0.330 e. The number of hydrogen-bond acceptors (Lipinski definition) is 3. The first kappa shape index (κ1) is 15.4. The lowest BCUT2D eigenvalue weighted by Gasteiger charge is -2.16. The van der Waals surface area contributed by atoms with Crippen LogP contribution in [0.1, 0.15) is 44.1 Å². The number of rotatable bonds is 7. The molecule has 0 radical (unpaired) electrons. The third-order valence-electron chi connectivity index (χ3n) is 2.87. The van der Waals surface area contributed by atoms with Crippen molar-refractivity contribution in [2.24, 2.45) is 17.6 Å². The second-order valence-electron chi connectivity index (χ2n) is 4.99. The number of halogens is 1. The number of aryl methyl sites for hydroxylation is 1. The number of Topliss-reactive ketones (excluding diaryl/α,β-unsaturated/α-hetero) is 1. The minimum absolute atomic E-state index is 0.101. The summed E-state index contributed by atoms with van der Waals surface area (Å²) in [5, 5.41) is 4.23.